The van der Waals surface area contributed by atoms with Gasteiger partial charge in [-0.3, -0.25) is 9.59 Å². The lowest BCUT2D eigenvalue weighted by molar-refractivity contribution is -0.144. The lowest BCUT2D eigenvalue weighted by atomic mass is 9.92. The summed E-state index contributed by atoms with van der Waals surface area (Å²) < 4.78 is 5.22. The Balaban J connectivity index is 2.12. The van der Waals surface area contributed by atoms with E-state index in [9.17, 15) is 9.59 Å². The third-order valence-electron chi connectivity index (χ3n) is 4.08. The predicted octanol–water partition coefficient (Wildman–Crippen LogP) is 3.10. The fourth-order valence-electron chi connectivity index (χ4n) is 3.08. The van der Waals surface area contributed by atoms with Crippen LogP contribution in [0.5, 0.6) is 5.75 Å². The molecule has 1 saturated heterocycles. The maximum Gasteiger partial charge on any atom is 0.314 e. The van der Waals surface area contributed by atoms with Crippen LogP contribution in [-0.2, 0) is 9.59 Å². The van der Waals surface area contributed by atoms with Crippen LogP contribution in [0.2, 0.25) is 5.02 Å². The first kappa shape index (κ1) is 17.6. The van der Waals surface area contributed by atoms with Crippen LogP contribution >= 0.6 is 11.6 Å². The molecule has 5 nitrogen and oxygen atoms in total. The predicted molar refractivity (Wildman–Crippen MR) is 90.9 cm³/mol. The largest absolute Gasteiger partial charge is 0.495 e. The molecule has 1 aromatic carbocycles. The van der Waals surface area contributed by atoms with Gasteiger partial charge in [0.1, 0.15) is 5.75 Å². The average molecular weight is 339 g/mol. The van der Waals surface area contributed by atoms with Gasteiger partial charge in [-0.1, -0.05) is 25.4 Å². The van der Waals surface area contributed by atoms with Crippen molar-refractivity contribution in [2.24, 2.45) is 11.8 Å². The number of ether oxygens (including phenoxy) is 1. The Morgan fingerprint density at radius 3 is 2.43 bits per heavy atom. The summed E-state index contributed by atoms with van der Waals surface area (Å²) in [6.07, 6.45) is 1.08. The van der Waals surface area contributed by atoms with E-state index in [2.05, 4.69) is 19.2 Å². The molecular formula is C17H23ClN2O3. The minimum absolute atomic E-state index is 0.405. The third kappa shape index (κ3) is 4.16. The van der Waals surface area contributed by atoms with Crippen LogP contribution in [-0.4, -0.2) is 36.9 Å². The maximum atomic E-state index is 12.4. The molecule has 1 aliphatic rings. The minimum atomic E-state index is -0.647. The van der Waals surface area contributed by atoms with Gasteiger partial charge in [-0.25, -0.2) is 0 Å². The van der Waals surface area contributed by atoms with Crippen LogP contribution in [0.1, 0.15) is 25.8 Å². The number of rotatable bonds is 2. The molecule has 2 rings (SSSR count). The van der Waals surface area contributed by atoms with Crippen molar-refractivity contribution in [2.45, 2.75) is 27.2 Å². The van der Waals surface area contributed by atoms with Gasteiger partial charge in [0.15, 0.2) is 0 Å². The highest BCUT2D eigenvalue weighted by Crippen LogP contribution is 2.31. The Morgan fingerprint density at radius 2 is 1.87 bits per heavy atom. The molecule has 1 aromatic rings. The Kier molecular flexibility index (Phi) is 5.52. The molecule has 2 atom stereocenters. The van der Waals surface area contributed by atoms with E-state index < -0.39 is 11.8 Å². The third-order valence-corrected chi connectivity index (χ3v) is 4.49. The molecule has 0 bridgehead atoms. The normalized spacial score (nSPS) is 21.0. The topological polar surface area (TPSA) is 58.6 Å². The van der Waals surface area contributed by atoms with Gasteiger partial charge in [0.2, 0.25) is 0 Å². The molecule has 0 spiro atoms. The highest BCUT2D eigenvalue weighted by atomic mass is 35.5. The van der Waals surface area contributed by atoms with E-state index in [1.54, 1.807) is 17.0 Å². The second-order valence-electron chi connectivity index (χ2n) is 6.41. The first-order valence-corrected chi connectivity index (χ1v) is 8.14. The van der Waals surface area contributed by atoms with E-state index in [1.165, 1.54) is 7.11 Å². The summed E-state index contributed by atoms with van der Waals surface area (Å²) in [5, 5.41) is 3.19. The molecule has 2 unspecified atom stereocenters. The van der Waals surface area contributed by atoms with Gasteiger partial charge < -0.3 is 15.0 Å². The van der Waals surface area contributed by atoms with Crippen molar-refractivity contribution >= 4 is 29.1 Å². The summed E-state index contributed by atoms with van der Waals surface area (Å²) in [6, 6.07) is 3.33. The SMILES string of the molecule is COc1cc(Cl)c(C)cc1NC(=O)C(=O)N1CC(C)CC(C)C1. The summed E-state index contributed by atoms with van der Waals surface area (Å²) in [7, 11) is 1.49. The molecule has 0 saturated carbocycles. The van der Waals surface area contributed by atoms with Gasteiger partial charge in [-0.15, -0.1) is 0 Å². The van der Waals surface area contributed by atoms with Gasteiger partial charge in [0.25, 0.3) is 0 Å². The molecule has 126 valence electrons. The van der Waals surface area contributed by atoms with Crippen molar-refractivity contribution in [3.05, 3.63) is 22.7 Å². The number of nitrogens with one attached hydrogen (secondary N) is 1. The molecule has 1 aliphatic heterocycles. The van der Waals surface area contributed by atoms with Gasteiger partial charge in [0, 0.05) is 24.2 Å². The Morgan fingerprint density at radius 1 is 1.26 bits per heavy atom. The van der Waals surface area contributed by atoms with Gasteiger partial charge in [0.05, 0.1) is 12.8 Å². The number of methoxy groups -OCH3 is 1. The second kappa shape index (κ2) is 7.21. The lowest BCUT2D eigenvalue weighted by Gasteiger charge is -2.34. The zero-order valence-corrected chi connectivity index (χ0v) is 14.7. The monoisotopic (exact) mass is 338 g/mol. The van der Waals surface area contributed by atoms with Gasteiger partial charge in [-0.05, 0) is 36.8 Å². The van der Waals surface area contributed by atoms with E-state index in [1.807, 2.05) is 6.92 Å². The van der Waals surface area contributed by atoms with Crippen molar-refractivity contribution in [1.82, 2.24) is 4.90 Å². The van der Waals surface area contributed by atoms with Crippen LogP contribution in [0.4, 0.5) is 5.69 Å². The molecule has 1 N–H and O–H groups in total. The number of aryl methyl sites for hydroxylation is 1. The molecule has 2 amide bonds. The summed E-state index contributed by atoms with van der Waals surface area (Å²) >= 11 is 6.05. The van der Waals surface area contributed by atoms with Crippen LogP contribution in [0, 0.1) is 18.8 Å². The Bertz CT molecular complexity index is 608. The number of carbonyl (C=O) groups is 2. The van der Waals surface area contributed by atoms with Crippen molar-refractivity contribution in [1.29, 1.82) is 0 Å². The standard InChI is InChI=1S/C17H23ClN2O3/c1-10-5-11(2)9-20(8-10)17(22)16(21)19-14-6-12(3)13(18)7-15(14)23-4/h6-7,10-11H,5,8-9H2,1-4H3,(H,19,21). The number of nitrogens with zero attached hydrogens (tertiary/aromatic N) is 1. The van der Waals surface area contributed by atoms with E-state index in [4.69, 9.17) is 16.3 Å². The van der Waals surface area contributed by atoms with Crippen LogP contribution in [0.15, 0.2) is 12.1 Å². The number of carbonyl (C=O) groups excluding carboxylic acids is 2. The number of benzene rings is 1. The quantitative estimate of drug-likeness (QED) is 0.843. The number of hydrogen-bond acceptors (Lipinski definition) is 3. The highest BCUT2D eigenvalue weighted by molar-refractivity contribution is 6.39. The molecule has 0 radical (unpaired) electrons. The van der Waals surface area contributed by atoms with Crippen molar-refractivity contribution in [3.8, 4) is 5.75 Å². The molecule has 0 aliphatic carbocycles. The maximum absolute atomic E-state index is 12.4. The first-order valence-electron chi connectivity index (χ1n) is 7.76. The zero-order chi connectivity index (χ0) is 17.1. The van der Waals surface area contributed by atoms with Crippen LogP contribution in [0.25, 0.3) is 0 Å². The Labute approximate surface area is 141 Å². The fourth-order valence-corrected chi connectivity index (χ4v) is 3.23. The summed E-state index contributed by atoms with van der Waals surface area (Å²) in [6.45, 7) is 7.26. The van der Waals surface area contributed by atoms with E-state index >= 15 is 0 Å². The number of hydrogen-bond donors (Lipinski definition) is 1. The van der Waals surface area contributed by atoms with Crippen LogP contribution in [0.3, 0.4) is 0 Å². The second-order valence-corrected chi connectivity index (χ2v) is 6.82. The highest BCUT2D eigenvalue weighted by Gasteiger charge is 2.29. The van der Waals surface area contributed by atoms with Gasteiger partial charge in [-0.2, -0.15) is 0 Å². The lowest BCUT2D eigenvalue weighted by Crippen LogP contribution is -2.47. The van der Waals surface area contributed by atoms with Crippen molar-refractivity contribution in [2.75, 3.05) is 25.5 Å². The van der Waals surface area contributed by atoms with E-state index in [0.717, 1.165) is 12.0 Å². The first-order chi connectivity index (χ1) is 10.8. The zero-order valence-electron chi connectivity index (χ0n) is 14.0. The number of likely N-dealkylation sites (tertiary alicyclic amines) is 1. The molecule has 6 heteroatoms. The number of halogens is 1. The van der Waals surface area contributed by atoms with Gasteiger partial charge >= 0.3 is 11.8 Å². The molecular weight excluding hydrogens is 316 g/mol. The number of anilines is 1. The summed E-state index contributed by atoms with van der Waals surface area (Å²) in [4.78, 5) is 26.3. The number of amides is 2. The molecule has 23 heavy (non-hydrogen) atoms. The molecule has 0 aromatic heterocycles. The molecule has 1 fully saturated rings. The summed E-state index contributed by atoms with van der Waals surface area (Å²) in [5.74, 6) is 0.0946. The van der Waals surface area contributed by atoms with E-state index in [0.29, 0.717) is 41.4 Å². The van der Waals surface area contributed by atoms with Crippen molar-refractivity contribution < 1.29 is 14.3 Å². The van der Waals surface area contributed by atoms with Crippen molar-refractivity contribution in [3.63, 3.8) is 0 Å². The fraction of sp³-hybridized carbons (Fsp3) is 0.529. The van der Waals surface area contributed by atoms with Crippen LogP contribution < -0.4 is 10.1 Å². The molecule has 1 heterocycles. The summed E-state index contributed by atoms with van der Waals surface area (Å²) in [5.41, 5.74) is 1.25. The number of piperidine rings is 1. The van der Waals surface area contributed by atoms with E-state index in [-0.39, 0.29) is 0 Å². The Hall–Kier alpha value is -1.75. The average Bonchev–Trinajstić information content (AvgIpc) is 2.48. The minimum Gasteiger partial charge on any atom is -0.495 e. The smallest absolute Gasteiger partial charge is 0.314 e.